The normalized spacial score (nSPS) is 10.6. The van der Waals surface area contributed by atoms with Crippen LogP contribution in [0, 0.1) is 23.5 Å². The average molecular weight is 315 g/mol. The molecule has 6 heteroatoms. The van der Waals surface area contributed by atoms with Gasteiger partial charge in [-0.1, -0.05) is 12.0 Å². The fourth-order valence-electron chi connectivity index (χ4n) is 2.16. The molecule has 0 aromatic carbocycles. The molecule has 0 amide bonds. The SMILES string of the molecule is FCc1cccc(C#CCCc2cn3cc(F)cc(F)c3n2)n1. The first kappa shape index (κ1) is 15.1. The summed E-state index contributed by atoms with van der Waals surface area (Å²) in [5, 5.41) is 0. The second-order valence-electron chi connectivity index (χ2n) is 4.92. The third-order valence-corrected chi connectivity index (χ3v) is 3.19. The molecule has 0 atom stereocenters. The van der Waals surface area contributed by atoms with E-state index in [1.54, 1.807) is 24.4 Å². The predicted octanol–water partition coefficient (Wildman–Crippen LogP) is 3.46. The van der Waals surface area contributed by atoms with E-state index in [2.05, 4.69) is 21.8 Å². The maximum Gasteiger partial charge on any atom is 0.173 e. The van der Waals surface area contributed by atoms with Crippen LogP contribution in [0.1, 0.15) is 23.5 Å². The third-order valence-electron chi connectivity index (χ3n) is 3.19. The number of hydrogen-bond donors (Lipinski definition) is 0. The number of rotatable bonds is 3. The lowest BCUT2D eigenvalue weighted by molar-refractivity contribution is 0.476. The number of hydrogen-bond acceptors (Lipinski definition) is 2. The maximum absolute atomic E-state index is 13.6. The van der Waals surface area contributed by atoms with Crippen molar-refractivity contribution in [3.05, 3.63) is 65.4 Å². The number of halogens is 3. The Morgan fingerprint density at radius 3 is 2.78 bits per heavy atom. The molecular formula is C17H12F3N3. The summed E-state index contributed by atoms with van der Waals surface area (Å²) in [4.78, 5) is 8.15. The lowest BCUT2D eigenvalue weighted by atomic mass is 10.2. The lowest BCUT2D eigenvalue weighted by Crippen LogP contribution is -1.89. The molecule has 0 aliphatic carbocycles. The fourth-order valence-corrected chi connectivity index (χ4v) is 2.16. The Bertz CT molecular complexity index is 906. The van der Waals surface area contributed by atoms with Crippen LogP contribution in [0.4, 0.5) is 13.2 Å². The van der Waals surface area contributed by atoms with Crippen LogP contribution in [0.15, 0.2) is 36.7 Å². The quantitative estimate of drug-likeness (QED) is 0.693. The smallest absolute Gasteiger partial charge is 0.173 e. The minimum absolute atomic E-state index is 0.0895. The van der Waals surface area contributed by atoms with Crippen molar-refractivity contribution in [3.8, 4) is 11.8 Å². The summed E-state index contributed by atoms with van der Waals surface area (Å²) in [6, 6.07) is 5.80. The average Bonchev–Trinajstić information content (AvgIpc) is 2.95. The molecule has 0 radical (unpaired) electrons. The molecule has 23 heavy (non-hydrogen) atoms. The van der Waals surface area contributed by atoms with Gasteiger partial charge in [0.15, 0.2) is 11.5 Å². The van der Waals surface area contributed by atoms with Gasteiger partial charge < -0.3 is 4.40 Å². The summed E-state index contributed by atoms with van der Waals surface area (Å²) in [5.74, 6) is 4.41. The molecule has 0 saturated carbocycles. The van der Waals surface area contributed by atoms with Crippen molar-refractivity contribution in [2.24, 2.45) is 0 Å². The summed E-state index contributed by atoms with van der Waals surface area (Å²) in [6.45, 7) is -0.626. The first-order valence-corrected chi connectivity index (χ1v) is 6.99. The van der Waals surface area contributed by atoms with E-state index in [4.69, 9.17) is 0 Å². The molecule has 0 fully saturated rings. The second-order valence-corrected chi connectivity index (χ2v) is 4.92. The summed E-state index contributed by atoms with van der Waals surface area (Å²) < 4.78 is 40.5. The first-order chi connectivity index (χ1) is 11.2. The molecule has 0 saturated heterocycles. The minimum atomic E-state index is -0.699. The molecule has 3 rings (SSSR count). The van der Waals surface area contributed by atoms with Crippen molar-refractivity contribution >= 4 is 5.65 Å². The summed E-state index contributed by atoms with van der Waals surface area (Å²) >= 11 is 0. The van der Waals surface area contributed by atoms with E-state index < -0.39 is 18.3 Å². The molecule has 3 aromatic heterocycles. The van der Waals surface area contributed by atoms with Gasteiger partial charge in [-0.05, 0) is 18.1 Å². The Labute approximate surface area is 130 Å². The zero-order valence-electron chi connectivity index (χ0n) is 12.1. The summed E-state index contributed by atoms with van der Waals surface area (Å²) in [7, 11) is 0. The number of nitrogens with zero attached hydrogens (tertiary/aromatic N) is 3. The maximum atomic E-state index is 13.6. The summed E-state index contributed by atoms with van der Waals surface area (Å²) in [6.07, 6.45) is 3.73. The molecule has 0 bridgehead atoms. The highest BCUT2D eigenvalue weighted by Gasteiger charge is 2.08. The highest BCUT2D eigenvalue weighted by molar-refractivity contribution is 5.42. The van der Waals surface area contributed by atoms with E-state index in [0.29, 0.717) is 29.9 Å². The van der Waals surface area contributed by atoms with Gasteiger partial charge in [-0.15, -0.1) is 0 Å². The molecule has 0 N–H and O–H groups in total. The Kier molecular flexibility index (Phi) is 4.29. The Hall–Kier alpha value is -2.81. The topological polar surface area (TPSA) is 30.2 Å². The first-order valence-electron chi connectivity index (χ1n) is 6.99. The molecule has 3 aromatic rings. The van der Waals surface area contributed by atoms with Gasteiger partial charge in [0.05, 0.1) is 11.4 Å². The number of aromatic nitrogens is 3. The van der Waals surface area contributed by atoms with Crippen LogP contribution in [0.3, 0.4) is 0 Å². The third kappa shape index (κ3) is 3.51. The number of alkyl halides is 1. The van der Waals surface area contributed by atoms with Gasteiger partial charge in [-0.2, -0.15) is 0 Å². The number of pyridine rings is 2. The molecule has 0 unspecified atom stereocenters. The summed E-state index contributed by atoms with van der Waals surface area (Å²) in [5.41, 5.74) is 1.55. The Morgan fingerprint density at radius 1 is 1.09 bits per heavy atom. The van der Waals surface area contributed by atoms with Crippen molar-refractivity contribution in [1.82, 2.24) is 14.4 Å². The van der Waals surface area contributed by atoms with Crippen molar-refractivity contribution in [3.63, 3.8) is 0 Å². The van der Waals surface area contributed by atoms with Gasteiger partial charge in [-0.3, -0.25) is 0 Å². The van der Waals surface area contributed by atoms with Crippen LogP contribution >= 0.6 is 0 Å². The van der Waals surface area contributed by atoms with Crippen LogP contribution in [0.2, 0.25) is 0 Å². The van der Waals surface area contributed by atoms with E-state index in [0.717, 1.165) is 6.07 Å². The number of aryl methyl sites for hydroxylation is 1. The lowest BCUT2D eigenvalue weighted by Gasteiger charge is -1.93. The van der Waals surface area contributed by atoms with Crippen LogP contribution in [0.25, 0.3) is 5.65 Å². The van der Waals surface area contributed by atoms with E-state index in [1.807, 2.05) is 0 Å². The van der Waals surface area contributed by atoms with Gasteiger partial charge >= 0.3 is 0 Å². The molecular weight excluding hydrogens is 303 g/mol. The van der Waals surface area contributed by atoms with Gasteiger partial charge in [0.2, 0.25) is 0 Å². The molecule has 3 heterocycles. The van der Waals surface area contributed by atoms with Crippen LogP contribution in [-0.4, -0.2) is 14.4 Å². The molecule has 0 aliphatic heterocycles. The predicted molar refractivity (Wildman–Crippen MR) is 79.4 cm³/mol. The number of fused-ring (bicyclic) bond motifs is 1. The zero-order valence-corrected chi connectivity index (χ0v) is 12.1. The number of imidazole rings is 1. The monoisotopic (exact) mass is 315 g/mol. The van der Waals surface area contributed by atoms with Gasteiger partial charge in [-0.25, -0.2) is 23.1 Å². The van der Waals surface area contributed by atoms with Gasteiger partial charge in [0.1, 0.15) is 18.2 Å². The van der Waals surface area contributed by atoms with Crippen molar-refractivity contribution in [2.75, 3.05) is 0 Å². The van der Waals surface area contributed by atoms with Crippen LogP contribution < -0.4 is 0 Å². The van der Waals surface area contributed by atoms with Crippen molar-refractivity contribution < 1.29 is 13.2 Å². The van der Waals surface area contributed by atoms with Crippen molar-refractivity contribution in [2.45, 2.75) is 19.5 Å². The van der Waals surface area contributed by atoms with Crippen molar-refractivity contribution in [1.29, 1.82) is 0 Å². The van der Waals surface area contributed by atoms with Crippen LogP contribution in [0.5, 0.6) is 0 Å². The van der Waals surface area contributed by atoms with Crippen LogP contribution in [-0.2, 0) is 13.1 Å². The molecule has 0 aliphatic rings. The highest BCUT2D eigenvalue weighted by Crippen LogP contribution is 2.12. The Balaban J connectivity index is 1.69. The highest BCUT2D eigenvalue weighted by atomic mass is 19.1. The zero-order chi connectivity index (χ0) is 16.2. The van der Waals surface area contributed by atoms with E-state index in [1.165, 1.54) is 10.6 Å². The second kappa shape index (κ2) is 6.53. The minimum Gasteiger partial charge on any atom is -0.301 e. The molecule has 116 valence electrons. The van der Waals surface area contributed by atoms with Gasteiger partial charge in [0, 0.05) is 31.3 Å². The molecule has 3 nitrogen and oxygen atoms in total. The molecule has 0 spiro atoms. The van der Waals surface area contributed by atoms with Gasteiger partial charge in [0.25, 0.3) is 0 Å². The Morgan fingerprint density at radius 2 is 1.96 bits per heavy atom. The van der Waals surface area contributed by atoms with E-state index >= 15 is 0 Å². The largest absolute Gasteiger partial charge is 0.301 e. The standard InChI is InChI=1S/C17H12F3N3/c18-9-14-7-3-6-13(21-14)4-1-2-5-15-11-23-10-12(19)8-16(20)17(23)22-15/h3,6-8,10-11H,2,5,9H2. The van der Waals surface area contributed by atoms with E-state index in [-0.39, 0.29) is 5.65 Å². The fraction of sp³-hybridized carbons (Fsp3) is 0.176. The van der Waals surface area contributed by atoms with E-state index in [9.17, 15) is 13.2 Å².